The zero-order valence-corrected chi connectivity index (χ0v) is 10.7. The second kappa shape index (κ2) is 6.26. The molecule has 0 bridgehead atoms. The number of aliphatic hydroxyl groups is 1. The number of aliphatic carboxylic acids is 1. The van der Waals surface area contributed by atoms with Crippen LogP contribution in [0.2, 0.25) is 0 Å². The van der Waals surface area contributed by atoms with Crippen LogP contribution in [0.5, 0.6) is 11.5 Å². The summed E-state index contributed by atoms with van der Waals surface area (Å²) in [4.78, 5) is 10.8. The van der Waals surface area contributed by atoms with Crippen molar-refractivity contribution >= 4 is 5.97 Å². The van der Waals surface area contributed by atoms with Gasteiger partial charge in [-0.25, -0.2) is 0 Å². The highest BCUT2D eigenvalue weighted by Gasteiger charge is 2.21. The maximum atomic E-state index is 10.8. The number of ether oxygens (including phenoxy) is 2. The third-order valence-electron chi connectivity index (χ3n) is 2.79. The van der Waals surface area contributed by atoms with Gasteiger partial charge in [0, 0.05) is 5.56 Å². The molecule has 0 aliphatic carbocycles. The van der Waals surface area contributed by atoms with E-state index in [1.807, 2.05) is 0 Å². The minimum Gasteiger partial charge on any atom is -0.497 e. The van der Waals surface area contributed by atoms with Crippen molar-refractivity contribution in [2.45, 2.75) is 19.4 Å². The van der Waals surface area contributed by atoms with Crippen LogP contribution in [0.15, 0.2) is 18.2 Å². The predicted molar refractivity (Wildman–Crippen MR) is 65.9 cm³/mol. The monoisotopic (exact) mass is 254 g/mol. The molecule has 0 fully saturated rings. The topological polar surface area (TPSA) is 76.0 Å². The van der Waals surface area contributed by atoms with Gasteiger partial charge < -0.3 is 19.7 Å². The van der Waals surface area contributed by atoms with Crippen molar-refractivity contribution in [1.82, 2.24) is 0 Å². The molecular weight excluding hydrogens is 236 g/mol. The van der Waals surface area contributed by atoms with E-state index >= 15 is 0 Å². The molecular formula is C13H18O5. The lowest BCUT2D eigenvalue weighted by molar-refractivity contribution is -0.142. The molecule has 0 aliphatic heterocycles. The molecule has 0 aliphatic rings. The molecule has 0 saturated heterocycles. The highest BCUT2D eigenvalue weighted by molar-refractivity contribution is 5.69. The van der Waals surface area contributed by atoms with E-state index in [2.05, 4.69) is 0 Å². The molecule has 1 rings (SSSR count). The minimum absolute atomic E-state index is 0.124. The van der Waals surface area contributed by atoms with Gasteiger partial charge in [0.05, 0.1) is 26.2 Å². The average Bonchev–Trinajstić information content (AvgIpc) is 2.37. The summed E-state index contributed by atoms with van der Waals surface area (Å²) in [5, 5.41) is 18.9. The van der Waals surface area contributed by atoms with Crippen molar-refractivity contribution in [3.05, 3.63) is 23.8 Å². The molecule has 0 radical (unpaired) electrons. The Morgan fingerprint density at radius 2 is 2.00 bits per heavy atom. The van der Waals surface area contributed by atoms with E-state index in [1.165, 1.54) is 14.2 Å². The van der Waals surface area contributed by atoms with Crippen molar-refractivity contribution < 1.29 is 24.5 Å². The molecule has 0 spiro atoms. The number of methoxy groups -OCH3 is 2. The van der Waals surface area contributed by atoms with Gasteiger partial charge in [0.1, 0.15) is 11.5 Å². The Labute approximate surface area is 106 Å². The lowest BCUT2D eigenvalue weighted by Gasteiger charge is -2.17. The third-order valence-corrected chi connectivity index (χ3v) is 2.79. The lowest BCUT2D eigenvalue weighted by Crippen LogP contribution is -2.14. The van der Waals surface area contributed by atoms with Crippen molar-refractivity contribution in [3.63, 3.8) is 0 Å². The molecule has 2 unspecified atom stereocenters. The van der Waals surface area contributed by atoms with Gasteiger partial charge in [-0.05, 0) is 24.6 Å². The van der Waals surface area contributed by atoms with Crippen LogP contribution in [-0.2, 0) is 4.79 Å². The molecule has 0 amide bonds. The maximum Gasteiger partial charge on any atom is 0.306 e. The SMILES string of the molecule is COc1ccc(OC)c(C(O)CC(C)C(=O)O)c1. The van der Waals surface area contributed by atoms with Gasteiger partial charge in [-0.15, -0.1) is 0 Å². The molecule has 5 heteroatoms. The van der Waals surface area contributed by atoms with E-state index in [4.69, 9.17) is 14.6 Å². The van der Waals surface area contributed by atoms with Crippen LogP contribution >= 0.6 is 0 Å². The van der Waals surface area contributed by atoms with Crippen molar-refractivity contribution in [1.29, 1.82) is 0 Å². The van der Waals surface area contributed by atoms with Gasteiger partial charge >= 0.3 is 5.97 Å². The fourth-order valence-corrected chi connectivity index (χ4v) is 1.66. The van der Waals surface area contributed by atoms with E-state index in [1.54, 1.807) is 25.1 Å². The number of hydrogen-bond donors (Lipinski definition) is 2. The van der Waals surface area contributed by atoms with Crippen molar-refractivity contribution in [2.75, 3.05) is 14.2 Å². The summed E-state index contributed by atoms with van der Waals surface area (Å²) in [6.07, 6.45) is -0.778. The summed E-state index contributed by atoms with van der Waals surface area (Å²) in [6, 6.07) is 5.05. The van der Waals surface area contributed by atoms with E-state index < -0.39 is 18.0 Å². The molecule has 18 heavy (non-hydrogen) atoms. The van der Waals surface area contributed by atoms with Crippen LogP contribution in [-0.4, -0.2) is 30.4 Å². The lowest BCUT2D eigenvalue weighted by atomic mass is 9.97. The molecule has 2 atom stereocenters. The quantitative estimate of drug-likeness (QED) is 0.810. The number of carboxylic acids is 1. The first-order valence-electron chi connectivity index (χ1n) is 5.62. The largest absolute Gasteiger partial charge is 0.497 e. The number of benzene rings is 1. The molecule has 100 valence electrons. The molecule has 0 heterocycles. The van der Waals surface area contributed by atoms with Crippen molar-refractivity contribution in [2.24, 2.45) is 5.92 Å². The summed E-state index contributed by atoms with van der Waals surface area (Å²) in [6.45, 7) is 1.55. The van der Waals surface area contributed by atoms with Crippen LogP contribution < -0.4 is 9.47 Å². The Kier molecular flexibility index (Phi) is 4.97. The van der Waals surface area contributed by atoms with Crippen LogP contribution in [0.1, 0.15) is 25.0 Å². The van der Waals surface area contributed by atoms with Gasteiger partial charge in [-0.1, -0.05) is 6.92 Å². The Bertz CT molecular complexity index is 416. The summed E-state index contributed by atoms with van der Waals surface area (Å²) >= 11 is 0. The third kappa shape index (κ3) is 3.37. The average molecular weight is 254 g/mol. The molecule has 5 nitrogen and oxygen atoms in total. The Balaban J connectivity index is 2.95. The van der Waals surface area contributed by atoms with E-state index in [-0.39, 0.29) is 6.42 Å². The van der Waals surface area contributed by atoms with Gasteiger partial charge in [0.25, 0.3) is 0 Å². The molecule has 1 aromatic carbocycles. The molecule has 2 N–H and O–H groups in total. The molecule has 1 aromatic rings. The van der Waals surface area contributed by atoms with E-state index in [9.17, 15) is 9.90 Å². The highest BCUT2D eigenvalue weighted by Crippen LogP contribution is 2.32. The second-order valence-electron chi connectivity index (χ2n) is 4.10. The fraction of sp³-hybridized carbons (Fsp3) is 0.462. The fourth-order valence-electron chi connectivity index (χ4n) is 1.66. The predicted octanol–water partition coefficient (Wildman–Crippen LogP) is 1.85. The van der Waals surface area contributed by atoms with Gasteiger partial charge in [0.15, 0.2) is 0 Å². The summed E-state index contributed by atoms with van der Waals surface area (Å²) in [5.74, 6) is -0.458. The van der Waals surface area contributed by atoms with Crippen LogP contribution in [0.25, 0.3) is 0 Å². The number of hydrogen-bond acceptors (Lipinski definition) is 4. The zero-order chi connectivity index (χ0) is 13.7. The van der Waals surface area contributed by atoms with Crippen LogP contribution in [0, 0.1) is 5.92 Å². The molecule has 0 saturated carbocycles. The standard InChI is InChI=1S/C13H18O5/c1-8(13(15)16)6-11(14)10-7-9(17-2)4-5-12(10)18-3/h4-5,7-8,11,14H,6H2,1-3H3,(H,15,16). The van der Waals surface area contributed by atoms with E-state index in [0.717, 1.165) is 0 Å². The van der Waals surface area contributed by atoms with Crippen LogP contribution in [0.3, 0.4) is 0 Å². The number of carboxylic acid groups (broad SMARTS) is 1. The maximum absolute atomic E-state index is 10.8. The summed E-state index contributed by atoms with van der Waals surface area (Å²) < 4.78 is 10.2. The van der Waals surface area contributed by atoms with Gasteiger partial charge in [-0.2, -0.15) is 0 Å². The molecule has 0 aromatic heterocycles. The first-order valence-corrected chi connectivity index (χ1v) is 5.62. The minimum atomic E-state index is -0.934. The number of aliphatic hydroxyl groups excluding tert-OH is 1. The summed E-state index contributed by atoms with van der Waals surface area (Å²) in [5.41, 5.74) is 0.532. The van der Waals surface area contributed by atoms with Gasteiger partial charge in [-0.3, -0.25) is 4.79 Å². The first kappa shape index (κ1) is 14.3. The smallest absolute Gasteiger partial charge is 0.306 e. The number of rotatable bonds is 6. The Hall–Kier alpha value is -1.75. The summed E-state index contributed by atoms with van der Waals surface area (Å²) in [7, 11) is 3.02. The Morgan fingerprint density at radius 1 is 1.33 bits per heavy atom. The van der Waals surface area contributed by atoms with Crippen LogP contribution in [0.4, 0.5) is 0 Å². The van der Waals surface area contributed by atoms with Gasteiger partial charge in [0.2, 0.25) is 0 Å². The Morgan fingerprint density at radius 3 is 2.50 bits per heavy atom. The second-order valence-corrected chi connectivity index (χ2v) is 4.10. The highest BCUT2D eigenvalue weighted by atomic mass is 16.5. The van der Waals surface area contributed by atoms with Crippen molar-refractivity contribution in [3.8, 4) is 11.5 Å². The van der Waals surface area contributed by atoms with E-state index in [0.29, 0.717) is 17.1 Å². The normalized spacial score (nSPS) is 13.8. The zero-order valence-electron chi connectivity index (χ0n) is 10.7. The number of carbonyl (C=O) groups is 1. The first-order chi connectivity index (χ1) is 8.49.